The fourth-order valence-corrected chi connectivity index (χ4v) is 3.73. The van der Waals surface area contributed by atoms with E-state index in [1.165, 1.54) is 24.1 Å². The van der Waals surface area contributed by atoms with Gasteiger partial charge in [-0.2, -0.15) is 5.26 Å². The minimum atomic E-state index is 0.332. The van der Waals surface area contributed by atoms with Gasteiger partial charge in [0.15, 0.2) is 0 Å². The number of aryl methyl sites for hydroxylation is 2. The molecule has 2 atom stereocenters. The molecule has 0 spiro atoms. The van der Waals surface area contributed by atoms with Crippen LogP contribution in [0.15, 0.2) is 6.07 Å². The molecule has 2 unspecified atom stereocenters. The Hall–Kier alpha value is -1.60. The van der Waals surface area contributed by atoms with Crippen LogP contribution in [0.5, 0.6) is 0 Å². The molecule has 0 aromatic carbocycles. The van der Waals surface area contributed by atoms with Crippen molar-refractivity contribution in [3.8, 4) is 6.07 Å². The summed E-state index contributed by atoms with van der Waals surface area (Å²) in [5.41, 5.74) is 3.24. The second kappa shape index (κ2) is 4.75. The number of hydrogen-bond acceptors (Lipinski definition) is 4. The quantitative estimate of drug-likeness (QED) is 0.784. The van der Waals surface area contributed by atoms with Crippen molar-refractivity contribution >= 4 is 5.82 Å². The van der Waals surface area contributed by atoms with Gasteiger partial charge in [-0.1, -0.05) is 0 Å². The predicted molar refractivity (Wildman–Crippen MR) is 75.7 cm³/mol. The third-order valence-electron chi connectivity index (χ3n) is 4.74. The summed E-state index contributed by atoms with van der Waals surface area (Å²) in [6, 6.07) is 4.43. The average Bonchev–Trinajstić information content (AvgIpc) is 2.84. The Balaban J connectivity index is 1.71. The number of ether oxygens (including phenoxy) is 1. The molecule has 0 amide bonds. The minimum Gasteiger partial charge on any atom is -0.371 e. The Morgan fingerprint density at radius 2 is 1.95 bits per heavy atom. The van der Waals surface area contributed by atoms with E-state index in [1.54, 1.807) is 0 Å². The molecule has 0 radical (unpaired) electrons. The first-order chi connectivity index (χ1) is 9.83. The number of aromatic nitrogens is 1. The van der Waals surface area contributed by atoms with Crippen LogP contribution >= 0.6 is 0 Å². The van der Waals surface area contributed by atoms with Crippen molar-refractivity contribution in [2.75, 3.05) is 18.0 Å². The van der Waals surface area contributed by atoms with Crippen LogP contribution in [0, 0.1) is 11.3 Å². The molecule has 104 valence electrons. The highest BCUT2D eigenvalue weighted by Gasteiger charge is 2.35. The van der Waals surface area contributed by atoms with E-state index in [1.807, 2.05) is 0 Å². The van der Waals surface area contributed by atoms with Gasteiger partial charge in [0.1, 0.15) is 11.9 Å². The van der Waals surface area contributed by atoms with E-state index in [0.29, 0.717) is 12.2 Å². The highest BCUT2D eigenvalue weighted by Crippen LogP contribution is 2.32. The topological polar surface area (TPSA) is 49.2 Å². The van der Waals surface area contributed by atoms with Crippen molar-refractivity contribution < 1.29 is 4.74 Å². The maximum atomic E-state index is 9.45. The van der Waals surface area contributed by atoms with Gasteiger partial charge in [0, 0.05) is 18.8 Å². The zero-order chi connectivity index (χ0) is 13.5. The Morgan fingerprint density at radius 1 is 1.20 bits per heavy atom. The molecule has 3 aliphatic rings. The van der Waals surface area contributed by atoms with E-state index < -0.39 is 0 Å². The largest absolute Gasteiger partial charge is 0.371 e. The van der Waals surface area contributed by atoms with Crippen molar-refractivity contribution in [3.05, 3.63) is 22.9 Å². The molecule has 4 rings (SSSR count). The van der Waals surface area contributed by atoms with Crippen molar-refractivity contribution in [1.82, 2.24) is 4.98 Å². The number of fused-ring (bicyclic) bond motifs is 3. The van der Waals surface area contributed by atoms with Gasteiger partial charge in [0.25, 0.3) is 0 Å². The molecule has 0 N–H and O–H groups in total. The lowest BCUT2D eigenvalue weighted by Gasteiger charge is -2.34. The molecule has 1 aromatic heterocycles. The number of morpholine rings is 1. The van der Waals surface area contributed by atoms with Crippen LogP contribution < -0.4 is 4.90 Å². The van der Waals surface area contributed by atoms with Crippen LogP contribution in [0.25, 0.3) is 0 Å². The van der Waals surface area contributed by atoms with Crippen LogP contribution in [0.4, 0.5) is 5.82 Å². The van der Waals surface area contributed by atoms with Crippen LogP contribution in [0.2, 0.25) is 0 Å². The number of nitriles is 1. The number of pyridine rings is 1. The normalized spacial score (nSPS) is 28.1. The number of anilines is 1. The van der Waals surface area contributed by atoms with Gasteiger partial charge in [-0.15, -0.1) is 0 Å². The standard InChI is InChI=1S/C16H19N3O/c17-8-12-7-11-3-1-2-4-15(11)18-16(12)19-9-13-5-6-14(10-19)20-13/h7,13-14H,1-6,9-10H2. The van der Waals surface area contributed by atoms with Gasteiger partial charge in [0.2, 0.25) is 0 Å². The zero-order valence-corrected chi connectivity index (χ0v) is 11.6. The highest BCUT2D eigenvalue weighted by molar-refractivity contribution is 5.57. The van der Waals surface area contributed by atoms with E-state index in [-0.39, 0.29) is 0 Å². The smallest absolute Gasteiger partial charge is 0.147 e. The third kappa shape index (κ3) is 1.97. The molecule has 2 saturated heterocycles. The summed E-state index contributed by atoms with van der Waals surface area (Å²) in [4.78, 5) is 7.13. The number of rotatable bonds is 1. The Kier molecular flexibility index (Phi) is 2.89. The van der Waals surface area contributed by atoms with Gasteiger partial charge >= 0.3 is 0 Å². The molecule has 4 heteroatoms. The lowest BCUT2D eigenvalue weighted by Crippen LogP contribution is -2.43. The van der Waals surface area contributed by atoms with Gasteiger partial charge < -0.3 is 9.64 Å². The van der Waals surface area contributed by atoms with Crippen molar-refractivity contribution in [1.29, 1.82) is 5.26 Å². The second-order valence-electron chi connectivity index (χ2n) is 6.15. The number of hydrogen-bond donors (Lipinski definition) is 0. The molecule has 2 bridgehead atoms. The molecular weight excluding hydrogens is 250 g/mol. The molecule has 1 aliphatic carbocycles. The summed E-state index contributed by atoms with van der Waals surface area (Å²) in [7, 11) is 0. The van der Waals surface area contributed by atoms with Crippen LogP contribution in [0.3, 0.4) is 0 Å². The zero-order valence-electron chi connectivity index (χ0n) is 11.6. The molecule has 3 heterocycles. The molecule has 20 heavy (non-hydrogen) atoms. The molecule has 1 aromatic rings. The highest BCUT2D eigenvalue weighted by atomic mass is 16.5. The first-order valence-electron chi connectivity index (χ1n) is 7.67. The summed E-state index contributed by atoms with van der Waals surface area (Å²) in [6.45, 7) is 1.77. The van der Waals surface area contributed by atoms with Gasteiger partial charge in [-0.25, -0.2) is 4.98 Å². The summed E-state index contributed by atoms with van der Waals surface area (Å²) >= 11 is 0. The van der Waals surface area contributed by atoms with Crippen LogP contribution in [0.1, 0.15) is 42.5 Å². The summed E-state index contributed by atoms with van der Waals surface area (Å²) < 4.78 is 5.88. The molecule has 2 fully saturated rings. The van der Waals surface area contributed by atoms with Gasteiger partial charge in [0.05, 0.1) is 17.8 Å². The average molecular weight is 269 g/mol. The van der Waals surface area contributed by atoms with Gasteiger partial charge in [-0.3, -0.25) is 0 Å². The molecule has 0 saturated carbocycles. The lowest BCUT2D eigenvalue weighted by atomic mass is 9.95. The predicted octanol–water partition coefficient (Wildman–Crippen LogP) is 2.20. The van der Waals surface area contributed by atoms with E-state index in [2.05, 4.69) is 17.0 Å². The van der Waals surface area contributed by atoms with E-state index in [9.17, 15) is 5.26 Å². The summed E-state index contributed by atoms with van der Waals surface area (Å²) in [6.07, 6.45) is 7.54. The maximum Gasteiger partial charge on any atom is 0.147 e. The maximum absolute atomic E-state index is 9.45. The van der Waals surface area contributed by atoms with Crippen LogP contribution in [-0.4, -0.2) is 30.3 Å². The lowest BCUT2D eigenvalue weighted by molar-refractivity contribution is 0.0302. The first-order valence-corrected chi connectivity index (χ1v) is 7.67. The molecule has 4 nitrogen and oxygen atoms in total. The van der Waals surface area contributed by atoms with E-state index in [4.69, 9.17) is 9.72 Å². The van der Waals surface area contributed by atoms with Gasteiger partial charge in [-0.05, 0) is 50.2 Å². The van der Waals surface area contributed by atoms with Crippen LogP contribution in [-0.2, 0) is 17.6 Å². The SMILES string of the molecule is N#Cc1cc2c(nc1N1CC3CCC(C1)O3)CCCC2. The first kappa shape index (κ1) is 12.2. The van der Waals surface area contributed by atoms with Crippen molar-refractivity contribution in [3.63, 3.8) is 0 Å². The third-order valence-corrected chi connectivity index (χ3v) is 4.74. The molecule has 2 aliphatic heterocycles. The fraction of sp³-hybridized carbons (Fsp3) is 0.625. The Bertz CT molecular complexity index is 566. The van der Waals surface area contributed by atoms with E-state index in [0.717, 1.165) is 50.2 Å². The van der Waals surface area contributed by atoms with Crippen molar-refractivity contribution in [2.24, 2.45) is 0 Å². The van der Waals surface area contributed by atoms with E-state index >= 15 is 0 Å². The fourth-order valence-electron chi connectivity index (χ4n) is 3.73. The minimum absolute atomic E-state index is 0.332. The summed E-state index contributed by atoms with van der Waals surface area (Å²) in [5.74, 6) is 0.897. The van der Waals surface area contributed by atoms with Crippen molar-refractivity contribution in [2.45, 2.75) is 50.7 Å². The molecular formula is C16H19N3O. The number of nitrogens with zero attached hydrogens (tertiary/aromatic N) is 3. The Labute approximate surface area is 119 Å². The Morgan fingerprint density at radius 3 is 2.70 bits per heavy atom. The summed E-state index contributed by atoms with van der Waals surface area (Å²) in [5, 5.41) is 9.45. The monoisotopic (exact) mass is 269 g/mol. The second-order valence-corrected chi connectivity index (χ2v) is 6.15.